The van der Waals surface area contributed by atoms with Gasteiger partial charge in [-0.15, -0.1) is 0 Å². The molecule has 0 aliphatic carbocycles. The molecular formula is C24H29IN2O7S. The number of imide groups is 1. The molecule has 2 saturated heterocycles. The van der Waals surface area contributed by atoms with Gasteiger partial charge in [0.05, 0.1) is 21.7 Å². The number of hydrogen-bond acceptors (Lipinski definition) is 8. The van der Waals surface area contributed by atoms with E-state index in [9.17, 15) is 19.2 Å². The summed E-state index contributed by atoms with van der Waals surface area (Å²) in [6, 6.07) is 3.45. The quantitative estimate of drug-likeness (QED) is 0.233. The number of carbonyl (C=O) groups excluding carboxylic acids is 4. The highest BCUT2D eigenvalue weighted by Gasteiger charge is 2.37. The van der Waals surface area contributed by atoms with Gasteiger partial charge in [0, 0.05) is 13.1 Å². The van der Waals surface area contributed by atoms with E-state index in [1.165, 1.54) is 0 Å². The number of thioether (sulfide) groups is 1. The highest BCUT2D eigenvalue weighted by Crippen LogP contribution is 2.37. The van der Waals surface area contributed by atoms with E-state index in [4.69, 9.17) is 14.2 Å². The second kappa shape index (κ2) is 13.1. The SMILES string of the molecule is CCOC(=O)COc1c(I)cc(C=C2SC(=O)N(CC(=O)N3CCCCCC3)C2=O)cc1OCC. The molecule has 0 aromatic heterocycles. The number of rotatable bonds is 9. The van der Waals surface area contributed by atoms with Crippen molar-refractivity contribution < 1.29 is 33.4 Å². The number of carbonyl (C=O) groups is 4. The van der Waals surface area contributed by atoms with Crippen LogP contribution in [0.5, 0.6) is 11.5 Å². The number of benzene rings is 1. The van der Waals surface area contributed by atoms with Crippen molar-refractivity contribution in [3.63, 3.8) is 0 Å². The molecule has 0 unspecified atom stereocenters. The molecular weight excluding hydrogens is 587 g/mol. The minimum atomic E-state index is -0.488. The summed E-state index contributed by atoms with van der Waals surface area (Å²) in [7, 11) is 0. The van der Waals surface area contributed by atoms with E-state index in [1.54, 1.807) is 30.0 Å². The van der Waals surface area contributed by atoms with Crippen LogP contribution in [0.25, 0.3) is 6.08 Å². The van der Waals surface area contributed by atoms with Gasteiger partial charge >= 0.3 is 5.97 Å². The Balaban J connectivity index is 1.75. The summed E-state index contributed by atoms with van der Waals surface area (Å²) in [6.45, 7) is 4.98. The minimum Gasteiger partial charge on any atom is -0.490 e. The van der Waals surface area contributed by atoms with E-state index in [-0.39, 0.29) is 30.6 Å². The summed E-state index contributed by atoms with van der Waals surface area (Å²) in [5, 5.41) is -0.460. The Hall–Kier alpha value is -2.28. The van der Waals surface area contributed by atoms with E-state index < -0.39 is 17.1 Å². The molecule has 2 aliphatic rings. The molecule has 0 saturated carbocycles. The van der Waals surface area contributed by atoms with E-state index in [0.717, 1.165) is 42.3 Å². The fourth-order valence-corrected chi connectivity index (χ4v) is 5.37. The highest BCUT2D eigenvalue weighted by atomic mass is 127. The van der Waals surface area contributed by atoms with Gasteiger partial charge in [-0.2, -0.15) is 0 Å². The Morgan fingerprint density at radius 1 is 1.06 bits per heavy atom. The lowest BCUT2D eigenvalue weighted by molar-refractivity contribution is -0.145. The van der Waals surface area contributed by atoms with Crippen LogP contribution >= 0.6 is 34.4 Å². The Bertz CT molecular complexity index is 1010. The smallest absolute Gasteiger partial charge is 0.344 e. The van der Waals surface area contributed by atoms with Gasteiger partial charge in [0.25, 0.3) is 11.1 Å². The van der Waals surface area contributed by atoms with Crippen LogP contribution in [0.4, 0.5) is 4.79 Å². The molecule has 2 heterocycles. The number of nitrogens with zero attached hydrogens (tertiary/aromatic N) is 2. The van der Waals surface area contributed by atoms with Crippen LogP contribution in [0.1, 0.15) is 45.1 Å². The van der Waals surface area contributed by atoms with E-state index >= 15 is 0 Å². The van der Waals surface area contributed by atoms with Crippen molar-refractivity contribution in [2.45, 2.75) is 39.5 Å². The van der Waals surface area contributed by atoms with Crippen LogP contribution in [-0.4, -0.2) is 72.3 Å². The fraction of sp³-hybridized carbons (Fsp3) is 0.500. The summed E-state index contributed by atoms with van der Waals surface area (Å²) in [5.74, 6) is -0.372. The molecule has 0 atom stereocenters. The maximum atomic E-state index is 12.9. The lowest BCUT2D eigenvalue weighted by Crippen LogP contribution is -2.42. The number of esters is 1. The van der Waals surface area contributed by atoms with Crippen LogP contribution in [0.15, 0.2) is 17.0 Å². The Labute approximate surface area is 222 Å². The summed E-state index contributed by atoms with van der Waals surface area (Å²) < 4.78 is 16.9. The molecule has 35 heavy (non-hydrogen) atoms. The third-order valence-electron chi connectivity index (χ3n) is 5.39. The zero-order valence-electron chi connectivity index (χ0n) is 19.8. The molecule has 3 rings (SSSR count). The van der Waals surface area contributed by atoms with Crippen molar-refractivity contribution >= 4 is 63.5 Å². The zero-order chi connectivity index (χ0) is 25.4. The largest absolute Gasteiger partial charge is 0.490 e. The lowest BCUT2D eigenvalue weighted by Gasteiger charge is -2.22. The van der Waals surface area contributed by atoms with Crippen LogP contribution in [0.3, 0.4) is 0 Å². The average molecular weight is 616 g/mol. The Morgan fingerprint density at radius 2 is 1.77 bits per heavy atom. The predicted octanol–water partition coefficient (Wildman–Crippen LogP) is 4.07. The first kappa shape index (κ1) is 27.3. The number of halogens is 1. The Morgan fingerprint density at radius 3 is 2.43 bits per heavy atom. The van der Waals surface area contributed by atoms with Crippen molar-refractivity contribution in [2.75, 3.05) is 39.5 Å². The molecule has 190 valence electrons. The number of likely N-dealkylation sites (tertiary alicyclic amines) is 1. The lowest BCUT2D eigenvalue weighted by atomic mass is 10.2. The molecule has 2 fully saturated rings. The summed E-state index contributed by atoms with van der Waals surface area (Å²) in [5.41, 5.74) is 0.630. The van der Waals surface area contributed by atoms with Gasteiger partial charge in [0.15, 0.2) is 18.1 Å². The zero-order valence-corrected chi connectivity index (χ0v) is 22.8. The van der Waals surface area contributed by atoms with E-state index in [2.05, 4.69) is 22.6 Å². The molecule has 0 spiro atoms. The van der Waals surface area contributed by atoms with E-state index in [0.29, 0.717) is 40.3 Å². The van der Waals surface area contributed by atoms with Crippen molar-refractivity contribution in [1.29, 1.82) is 0 Å². The van der Waals surface area contributed by atoms with Gasteiger partial charge in [-0.25, -0.2) is 4.79 Å². The van der Waals surface area contributed by atoms with Crippen LogP contribution < -0.4 is 9.47 Å². The number of hydrogen-bond donors (Lipinski definition) is 0. The first-order valence-electron chi connectivity index (χ1n) is 11.6. The monoisotopic (exact) mass is 616 g/mol. The van der Waals surface area contributed by atoms with Gasteiger partial charge in [0.1, 0.15) is 6.54 Å². The third kappa shape index (κ3) is 7.35. The maximum absolute atomic E-state index is 12.9. The van der Waals surface area contributed by atoms with Crippen LogP contribution in [0.2, 0.25) is 0 Å². The van der Waals surface area contributed by atoms with Gasteiger partial charge < -0.3 is 19.1 Å². The summed E-state index contributed by atoms with van der Waals surface area (Å²) >= 11 is 2.87. The van der Waals surface area contributed by atoms with Crippen molar-refractivity contribution in [1.82, 2.24) is 9.80 Å². The molecule has 11 heteroatoms. The average Bonchev–Trinajstić information content (AvgIpc) is 3.00. The standard InChI is InChI=1S/C24H29IN2O7S/c1-3-32-18-12-16(11-17(25)22(18)34-15-21(29)33-4-2)13-19-23(30)27(24(31)35-19)14-20(28)26-9-7-5-6-8-10-26/h11-13H,3-10,14-15H2,1-2H3. The number of amides is 3. The fourth-order valence-electron chi connectivity index (χ4n) is 3.75. The maximum Gasteiger partial charge on any atom is 0.344 e. The van der Waals surface area contributed by atoms with Gasteiger partial charge in [-0.3, -0.25) is 19.3 Å². The van der Waals surface area contributed by atoms with Crippen LogP contribution in [0, 0.1) is 3.57 Å². The predicted molar refractivity (Wildman–Crippen MR) is 140 cm³/mol. The molecule has 0 radical (unpaired) electrons. The first-order chi connectivity index (χ1) is 16.8. The minimum absolute atomic E-state index is 0.202. The van der Waals surface area contributed by atoms with Gasteiger partial charge in [-0.05, 0) is 84.8 Å². The molecule has 2 aliphatic heterocycles. The summed E-state index contributed by atoms with van der Waals surface area (Å²) in [6.07, 6.45) is 5.65. The molecule has 1 aromatic carbocycles. The Kier molecular flexibility index (Phi) is 10.3. The van der Waals surface area contributed by atoms with E-state index in [1.807, 2.05) is 6.92 Å². The second-order valence-electron chi connectivity index (χ2n) is 7.92. The van der Waals surface area contributed by atoms with Crippen molar-refractivity contribution in [3.05, 3.63) is 26.2 Å². The molecule has 0 bridgehead atoms. The third-order valence-corrected chi connectivity index (χ3v) is 7.10. The molecule has 0 N–H and O–H groups in total. The topological polar surface area (TPSA) is 102 Å². The summed E-state index contributed by atoms with van der Waals surface area (Å²) in [4.78, 5) is 52.8. The van der Waals surface area contributed by atoms with Gasteiger partial charge in [0.2, 0.25) is 5.91 Å². The molecule has 1 aromatic rings. The normalized spacial score (nSPS) is 17.5. The number of ether oxygens (including phenoxy) is 3. The molecule has 9 nitrogen and oxygen atoms in total. The second-order valence-corrected chi connectivity index (χ2v) is 10.1. The van der Waals surface area contributed by atoms with Gasteiger partial charge in [-0.1, -0.05) is 12.8 Å². The first-order valence-corrected chi connectivity index (χ1v) is 13.5. The van der Waals surface area contributed by atoms with Crippen LogP contribution in [-0.2, 0) is 19.1 Å². The van der Waals surface area contributed by atoms with Crippen molar-refractivity contribution in [2.24, 2.45) is 0 Å². The molecule has 3 amide bonds. The highest BCUT2D eigenvalue weighted by molar-refractivity contribution is 14.1. The van der Waals surface area contributed by atoms with Crippen molar-refractivity contribution in [3.8, 4) is 11.5 Å².